The van der Waals surface area contributed by atoms with E-state index in [1.165, 1.54) is 19.3 Å². The Labute approximate surface area is 98.7 Å². The third-order valence-electron chi connectivity index (χ3n) is 3.74. The Morgan fingerprint density at radius 1 is 1.38 bits per heavy atom. The van der Waals surface area contributed by atoms with Gasteiger partial charge >= 0.3 is 5.97 Å². The van der Waals surface area contributed by atoms with Gasteiger partial charge in [-0.1, -0.05) is 20.3 Å². The van der Waals surface area contributed by atoms with Crippen LogP contribution < -0.4 is 5.73 Å². The minimum atomic E-state index is -0.112. The van der Waals surface area contributed by atoms with Crippen molar-refractivity contribution in [3.8, 4) is 0 Å². The van der Waals surface area contributed by atoms with Gasteiger partial charge in [-0.25, -0.2) is 0 Å². The van der Waals surface area contributed by atoms with Gasteiger partial charge in [0, 0.05) is 6.54 Å². The summed E-state index contributed by atoms with van der Waals surface area (Å²) in [6.07, 6.45) is 6.73. The number of nitrogens with two attached hydrogens (primary N) is 1. The molecule has 1 saturated carbocycles. The molecule has 0 aliphatic heterocycles. The van der Waals surface area contributed by atoms with E-state index >= 15 is 0 Å². The highest BCUT2D eigenvalue weighted by atomic mass is 16.5. The van der Waals surface area contributed by atoms with Crippen LogP contribution in [0.1, 0.15) is 52.4 Å². The van der Waals surface area contributed by atoms with E-state index in [1.54, 1.807) is 0 Å². The lowest BCUT2D eigenvalue weighted by Gasteiger charge is -2.31. The molecule has 0 radical (unpaired) electrons. The molecule has 1 aliphatic rings. The smallest absolute Gasteiger partial charge is 0.310 e. The molecule has 0 spiro atoms. The van der Waals surface area contributed by atoms with Crippen LogP contribution in [-0.4, -0.2) is 18.6 Å². The summed E-state index contributed by atoms with van der Waals surface area (Å²) in [5.41, 5.74) is 5.56. The first kappa shape index (κ1) is 13.5. The van der Waals surface area contributed by atoms with Crippen molar-refractivity contribution in [1.29, 1.82) is 0 Å². The molecule has 0 amide bonds. The molecule has 0 aromatic carbocycles. The SMILES string of the molecule is CCC(CN)C(=O)OC1CCCCC1CC. The first-order valence-corrected chi connectivity index (χ1v) is 6.63. The van der Waals surface area contributed by atoms with E-state index in [4.69, 9.17) is 10.5 Å². The van der Waals surface area contributed by atoms with Crippen LogP contribution in [0.15, 0.2) is 0 Å². The Balaban J connectivity index is 2.47. The lowest BCUT2D eigenvalue weighted by Crippen LogP contribution is -2.34. The van der Waals surface area contributed by atoms with E-state index < -0.39 is 0 Å². The molecule has 0 saturated heterocycles. The minimum absolute atomic E-state index is 0.0876. The molecular formula is C13H25NO2. The largest absolute Gasteiger partial charge is 0.462 e. The van der Waals surface area contributed by atoms with Gasteiger partial charge in [0.1, 0.15) is 6.10 Å². The third kappa shape index (κ3) is 3.48. The second-order valence-corrected chi connectivity index (χ2v) is 4.77. The number of carbonyl (C=O) groups excluding carboxylic acids is 1. The fourth-order valence-corrected chi connectivity index (χ4v) is 2.47. The van der Waals surface area contributed by atoms with Gasteiger partial charge in [-0.15, -0.1) is 0 Å². The van der Waals surface area contributed by atoms with Crippen molar-refractivity contribution in [1.82, 2.24) is 0 Å². The van der Waals surface area contributed by atoms with Gasteiger partial charge in [0.05, 0.1) is 5.92 Å². The molecule has 0 aromatic rings. The fourth-order valence-electron chi connectivity index (χ4n) is 2.47. The second kappa shape index (κ2) is 6.89. The molecule has 2 N–H and O–H groups in total. The van der Waals surface area contributed by atoms with E-state index in [-0.39, 0.29) is 18.0 Å². The van der Waals surface area contributed by atoms with Crippen LogP contribution in [0.5, 0.6) is 0 Å². The Bertz CT molecular complexity index is 214. The van der Waals surface area contributed by atoms with Gasteiger partial charge in [0.2, 0.25) is 0 Å². The highest BCUT2D eigenvalue weighted by Crippen LogP contribution is 2.29. The van der Waals surface area contributed by atoms with E-state index in [9.17, 15) is 4.79 Å². The standard InChI is InChI=1S/C13H25NO2/c1-3-10-7-5-6-8-12(10)16-13(15)11(4-2)9-14/h10-12H,3-9,14H2,1-2H3. The Morgan fingerprint density at radius 3 is 2.62 bits per heavy atom. The average molecular weight is 227 g/mol. The number of ether oxygens (including phenoxy) is 1. The zero-order valence-electron chi connectivity index (χ0n) is 10.6. The molecule has 3 nitrogen and oxygen atoms in total. The van der Waals surface area contributed by atoms with Crippen molar-refractivity contribution in [2.24, 2.45) is 17.6 Å². The summed E-state index contributed by atoms with van der Waals surface area (Å²) in [7, 11) is 0. The Hall–Kier alpha value is -0.570. The minimum Gasteiger partial charge on any atom is -0.462 e. The lowest BCUT2D eigenvalue weighted by molar-refractivity contribution is -0.158. The van der Waals surface area contributed by atoms with Crippen LogP contribution in [0.2, 0.25) is 0 Å². The van der Waals surface area contributed by atoms with Gasteiger partial charge in [-0.05, 0) is 38.0 Å². The molecule has 1 rings (SSSR count). The van der Waals surface area contributed by atoms with E-state index in [2.05, 4.69) is 6.92 Å². The number of carbonyl (C=O) groups is 1. The molecule has 0 bridgehead atoms. The summed E-state index contributed by atoms with van der Waals surface area (Å²) in [6.45, 7) is 4.56. The molecule has 16 heavy (non-hydrogen) atoms. The number of hydrogen-bond donors (Lipinski definition) is 1. The highest BCUT2D eigenvalue weighted by Gasteiger charge is 2.28. The second-order valence-electron chi connectivity index (χ2n) is 4.77. The summed E-state index contributed by atoms with van der Waals surface area (Å²) in [6, 6.07) is 0. The molecule has 94 valence electrons. The molecule has 3 unspecified atom stereocenters. The number of hydrogen-bond acceptors (Lipinski definition) is 3. The van der Waals surface area contributed by atoms with Crippen molar-refractivity contribution < 1.29 is 9.53 Å². The summed E-state index contributed by atoms with van der Waals surface area (Å²) >= 11 is 0. The fraction of sp³-hybridized carbons (Fsp3) is 0.923. The van der Waals surface area contributed by atoms with Crippen LogP contribution in [0.3, 0.4) is 0 Å². The molecule has 1 aliphatic carbocycles. The number of esters is 1. The molecule has 0 aromatic heterocycles. The van der Waals surface area contributed by atoms with Gasteiger partial charge in [0.25, 0.3) is 0 Å². The van der Waals surface area contributed by atoms with Crippen LogP contribution in [-0.2, 0) is 9.53 Å². The highest BCUT2D eigenvalue weighted by molar-refractivity contribution is 5.72. The van der Waals surface area contributed by atoms with Gasteiger partial charge in [0.15, 0.2) is 0 Å². The van der Waals surface area contributed by atoms with Crippen molar-refractivity contribution in [3.63, 3.8) is 0 Å². The summed E-state index contributed by atoms with van der Waals surface area (Å²) in [5.74, 6) is 0.364. The molecule has 1 fully saturated rings. The topological polar surface area (TPSA) is 52.3 Å². The maximum absolute atomic E-state index is 11.8. The molecule has 3 atom stereocenters. The predicted molar refractivity (Wildman–Crippen MR) is 65.0 cm³/mol. The quantitative estimate of drug-likeness (QED) is 0.734. The third-order valence-corrected chi connectivity index (χ3v) is 3.74. The monoisotopic (exact) mass is 227 g/mol. The first-order chi connectivity index (χ1) is 7.72. The van der Waals surface area contributed by atoms with Crippen molar-refractivity contribution in [3.05, 3.63) is 0 Å². The van der Waals surface area contributed by atoms with Crippen molar-refractivity contribution in [2.75, 3.05) is 6.54 Å². The average Bonchev–Trinajstić information content (AvgIpc) is 2.31. The van der Waals surface area contributed by atoms with Crippen LogP contribution in [0.25, 0.3) is 0 Å². The normalized spacial score (nSPS) is 27.4. The van der Waals surface area contributed by atoms with Gasteiger partial charge < -0.3 is 10.5 Å². The summed E-state index contributed by atoms with van der Waals surface area (Å²) < 4.78 is 5.62. The van der Waals surface area contributed by atoms with E-state index in [0.29, 0.717) is 12.5 Å². The van der Waals surface area contributed by atoms with Crippen LogP contribution >= 0.6 is 0 Å². The lowest BCUT2D eigenvalue weighted by atomic mass is 9.84. The van der Waals surface area contributed by atoms with E-state index in [1.807, 2.05) is 6.92 Å². The predicted octanol–water partition coefficient (Wildman–Crippen LogP) is 2.48. The number of rotatable bonds is 5. The summed E-state index contributed by atoms with van der Waals surface area (Å²) in [5, 5.41) is 0. The van der Waals surface area contributed by atoms with E-state index in [0.717, 1.165) is 19.3 Å². The maximum atomic E-state index is 11.8. The zero-order valence-corrected chi connectivity index (χ0v) is 10.6. The van der Waals surface area contributed by atoms with Crippen molar-refractivity contribution >= 4 is 5.97 Å². The Kier molecular flexibility index (Phi) is 5.81. The van der Waals surface area contributed by atoms with Crippen LogP contribution in [0.4, 0.5) is 0 Å². The molecular weight excluding hydrogens is 202 g/mol. The maximum Gasteiger partial charge on any atom is 0.310 e. The molecule has 3 heteroatoms. The first-order valence-electron chi connectivity index (χ1n) is 6.63. The van der Waals surface area contributed by atoms with Crippen molar-refractivity contribution in [2.45, 2.75) is 58.5 Å². The van der Waals surface area contributed by atoms with Gasteiger partial charge in [-0.2, -0.15) is 0 Å². The summed E-state index contributed by atoms with van der Waals surface area (Å²) in [4.78, 5) is 11.8. The molecule has 0 heterocycles. The van der Waals surface area contributed by atoms with Gasteiger partial charge in [-0.3, -0.25) is 4.79 Å². The Morgan fingerprint density at radius 2 is 2.06 bits per heavy atom. The zero-order chi connectivity index (χ0) is 12.0. The van der Waals surface area contributed by atoms with Crippen LogP contribution in [0, 0.1) is 11.8 Å².